The number of nitrogens with zero attached hydrogens (tertiary/aromatic N) is 5. The van der Waals surface area contributed by atoms with Gasteiger partial charge in [0.2, 0.25) is 10.0 Å². The molecule has 1 atom stereocenters. The zero-order chi connectivity index (χ0) is 19.4. The smallest absolute Gasteiger partial charge is 0.255 e. The van der Waals surface area contributed by atoms with Crippen molar-refractivity contribution in [2.45, 2.75) is 32.2 Å². The van der Waals surface area contributed by atoms with E-state index in [-0.39, 0.29) is 29.7 Å². The van der Waals surface area contributed by atoms with Crippen molar-refractivity contribution in [3.05, 3.63) is 30.1 Å². The van der Waals surface area contributed by atoms with Gasteiger partial charge in [0.1, 0.15) is 12.1 Å². The number of tetrazole rings is 1. The number of aromatic hydroxyl groups is 1. The molecule has 1 amide bonds. The van der Waals surface area contributed by atoms with Crippen molar-refractivity contribution in [3.63, 3.8) is 0 Å². The molecule has 2 aromatic rings. The van der Waals surface area contributed by atoms with E-state index in [4.69, 9.17) is 0 Å². The molecule has 1 saturated heterocycles. The Kier molecular flexibility index (Phi) is 5.71. The van der Waals surface area contributed by atoms with Crippen LogP contribution in [0.4, 0.5) is 0 Å². The van der Waals surface area contributed by atoms with Gasteiger partial charge in [0, 0.05) is 25.2 Å². The molecular formula is C16H22N6O4S. The summed E-state index contributed by atoms with van der Waals surface area (Å²) in [6, 6.07) is 4.19. The molecule has 1 aliphatic heterocycles. The minimum atomic E-state index is -3.31. The SMILES string of the molecule is CCS(=O)(=O)N1CCCC[C@@H](NC(=O)c2ccc(-n3cnnn3)cc2O)C1. The van der Waals surface area contributed by atoms with E-state index >= 15 is 0 Å². The van der Waals surface area contributed by atoms with Crippen LogP contribution in [0.15, 0.2) is 24.5 Å². The van der Waals surface area contributed by atoms with Crippen LogP contribution in [0.3, 0.4) is 0 Å². The third-order valence-electron chi connectivity index (χ3n) is 4.57. The highest BCUT2D eigenvalue weighted by atomic mass is 32.2. The lowest BCUT2D eigenvalue weighted by molar-refractivity contribution is 0.0929. The number of phenols is 1. The molecule has 2 heterocycles. The van der Waals surface area contributed by atoms with Crippen molar-refractivity contribution < 1.29 is 18.3 Å². The Morgan fingerprint density at radius 1 is 1.37 bits per heavy atom. The molecule has 0 bridgehead atoms. The zero-order valence-corrected chi connectivity index (χ0v) is 15.8. The molecule has 2 N–H and O–H groups in total. The van der Waals surface area contributed by atoms with Gasteiger partial charge in [0.15, 0.2) is 0 Å². The van der Waals surface area contributed by atoms with Crippen LogP contribution in [0.2, 0.25) is 0 Å². The van der Waals surface area contributed by atoms with Gasteiger partial charge in [-0.25, -0.2) is 13.1 Å². The van der Waals surface area contributed by atoms with Gasteiger partial charge in [-0.1, -0.05) is 6.42 Å². The molecule has 0 saturated carbocycles. The third kappa shape index (κ3) is 4.42. The summed E-state index contributed by atoms with van der Waals surface area (Å²) in [5, 5.41) is 23.8. The molecule has 0 aliphatic carbocycles. The summed E-state index contributed by atoms with van der Waals surface area (Å²) in [7, 11) is -3.31. The number of sulfonamides is 1. The molecule has 27 heavy (non-hydrogen) atoms. The molecule has 0 unspecified atom stereocenters. The maximum absolute atomic E-state index is 12.6. The predicted molar refractivity (Wildman–Crippen MR) is 97.0 cm³/mol. The number of nitrogens with one attached hydrogen (secondary N) is 1. The van der Waals surface area contributed by atoms with Gasteiger partial charge in [0.05, 0.1) is 17.0 Å². The molecule has 1 fully saturated rings. The number of benzene rings is 1. The summed E-state index contributed by atoms with van der Waals surface area (Å²) >= 11 is 0. The molecule has 1 aromatic carbocycles. The number of amides is 1. The maximum Gasteiger partial charge on any atom is 0.255 e. The van der Waals surface area contributed by atoms with E-state index in [1.165, 1.54) is 27.4 Å². The lowest BCUT2D eigenvalue weighted by Crippen LogP contribution is -2.45. The Morgan fingerprint density at radius 2 is 2.19 bits per heavy atom. The third-order valence-corrected chi connectivity index (χ3v) is 6.42. The fraction of sp³-hybridized carbons (Fsp3) is 0.500. The number of hydrogen-bond acceptors (Lipinski definition) is 7. The fourth-order valence-electron chi connectivity index (χ4n) is 3.06. The Bertz CT molecular complexity index is 900. The summed E-state index contributed by atoms with van der Waals surface area (Å²) in [6.45, 7) is 2.32. The molecule has 10 nitrogen and oxygen atoms in total. The van der Waals surface area contributed by atoms with Gasteiger partial charge < -0.3 is 10.4 Å². The van der Waals surface area contributed by atoms with Crippen LogP contribution < -0.4 is 5.32 Å². The number of hydrogen-bond donors (Lipinski definition) is 2. The monoisotopic (exact) mass is 394 g/mol. The van der Waals surface area contributed by atoms with E-state index in [9.17, 15) is 18.3 Å². The maximum atomic E-state index is 12.6. The highest BCUT2D eigenvalue weighted by molar-refractivity contribution is 7.89. The molecule has 0 radical (unpaired) electrons. The Hall–Kier alpha value is -2.53. The Balaban J connectivity index is 1.72. The first-order chi connectivity index (χ1) is 12.9. The van der Waals surface area contributed by atoms with Crippen molar-refractivity contribution in [2.75, 3.05) is 18.8 Å². The first kappa shape index (κ1) is 19.2. The molecular weight excluding hydrogens is 372 g/mol. The van der Waals surface area contributed by atoms with Gasteiger partial charge in [-0.05, 0) is 42.3 Å². The molecule has 1 aromatic heterocycles. The van der Waals surface area contributed by atoms with Gasteiger partial charge in [-0.15, -0.1) is 5.10 Å². The van der Waals surface area contributed by atoms with Crippen molar-refractivity contribution in [2.24, 2.45) is 0 Å². The average molecular weight is 394 g/mol. The largest absolute Gasteiger partial charge is 0.507 e. The summed E-state index contributed by atoms with van der Waals surface area (Å²) in [5.74, 6) is -0.615. The van der Waals surface area contributed by atoms with Crippen molar-refractivity contribution in [1.82, 2.24) is 29.8 Å². The number of aromatic nitrogens is 4. The summed E-state index contributed by atoms with van der Waals surface area (Å²) < 4.78 is 27.1. The van der Waals surface area contributed by atoms with Crippen molar-refractivity contribution in [3.8, 4) is 11.4 Å². The van der Waals surface area contributed by atoms with E-state index in [0.29, 0.717) is 18.7 Å². The fourth-order valence-corrected chi connectivity index (χ4v) is 4.24. The number of phenolic OH excluding ortho intramolecular Hbond substituents is 1. The summed E-state index contributed by atoms with van der Waals surface area (Å²) in [4.78, 5) is 12.6. The number of rotatable bonds is 5. The van der Waals surface area contributed by atoms with E-state index in [1.807, 2.05) is 0 Å². The highest BCUT2D eigenvalue weighted by Crippen LogP contribution is 2.22. The average Bonchev–Trinajstić information content (AvgIpc) is 3.08. The van der Waals surface area contributed by atoms with E-state index in [0.717, 1.165) is 12.8 Å². The zero-order valence-electron chi connectivity index (χ0n) is 14.9. The lowest BCUT2D eigenvalue weighted by Gasteiger charge is -2.24. The minimum absolute atomic E-state index is 0.0348. The van der Waals surface area contributed by atoms with Crippen LogP contribution in [0, 0.1) is 0 Å². The van der Waals surface area contributed by atoms with Crippen LogP contribution >= 0.6 is 0 Å². The molecule has 1 aliphatic rings. The van der Waals surface area contributed by atoms with Gasteiger partial charge in [0.25, 0.3) is 5.91 Å². The van der Waals surface area contributed by atoms with Gasteiger partial charge in [-0.2, -0.15) is 4.31 Å². The standard InChI is InChI=1S/C16H22N6O4S/c1-2-27(25,26)21-8-4-3-5-12(10-21)18-16(24)14-7-6-13(9-15(14)23)22-11-17-19-20-22/h6-7,9,11-12,23H,2-5,8,10H2,1H3,(H,18,24)/t12-/m1/s1. The van der Waals surface area contributed by atoms with Crippen LogP contribution in [0.5, 0.6) is 5.75 Å². The van der Waals surface area contributed by atoms with Crippen LogP contribution in [-0.4, -0.2) is 68.8 Å². The Morgan fingerprint density at radius 3 is 2.85 bits per heavy atom. The lowest BCUT2D eigenvalue weighted by atomic mass is 10.1. The normalized spacial score (nSPS) is 18.8. The summed E-state index contributed by atoms with van der Waals surface area (Å²) in [5.41, 5.74) is 0.629. The second kappa shape index (κ2) is 8.01. The predicted octanol–water partition coefficient (Wildman–Crippen LogP) is 0.302. The molecule has 0 spiro atoms. The molecule has 11 heteroatoms. The quantitative estimate of drug-likeness (QED) is 0.746. The van der Waals surface area contributed by atoms with E-state index < -0.39 is 15.9 Å². The minimum Gasteiger partial charge on any atom is -0.507 e. The van der Waals surface area contributed by atoms with Gasteiger partial charge in [-0.3, -0.25) is 4.79 Å². The number of carbonyl (C=O) groups excluding carboxylic acids is 1. The van der Waals surface area contributed by atoms with Crippen LogP contribution in [0.1, 0.15) is 36.5 Å². The first-order valence-corrected chi connectivity index (χ1v) is 10.4. The highest BCUT2D eigenvalue weighted by Gasteiger charge is 2.27. The van der Waals surface area contributed by atoms with Crippen molar-refractivity contribution >= 4 is 15.9 Å². The Labute approximate surface area is 157 Å². The van der Waals surface area contributed by atoms with Crippen LogP contribution in [-0.2, 0) is 10.0 Å². The van der Waals surface area contributed by atoms with E-state index in [2.05, 4.69) is 20.8 Å². The van der Waals surface area contributed by atoms with Gasteiger partial charge >= 0.3 is 0 Å². The second-order valence-corrected chi connectivity index (χ2v) is 8.64. The molecule has 146 valence electrons. The second-order valence-electron chi connectivity index (χ2n) is 6.38. The summed E-state index contributed by atoms with van der Waals surface area (Å²) in [6.07, 6.45) is 3.65. The topological polar surface area (TPSA) is 130 Å². The first-order valence-electron chi connectivity index (χ1n) is 8.76. The van der Waals surface area contributed by atoms with Crippen molar-refractivity contribution in [1.29, 1.82) is 0 Å². The van der Waals surface area contributed by atoms with Crippen LogP contribution in [0.25, 0.3) is 5.69 Å². The van der Waals surface area contributed by atoms with E-state index in [1.54, 1.807) is 13.0 Å². The number of carbonyl (C=O) groups is 1. The molecule has 3 rings (SSSR count).